The molecule has 6 N–H and O–H groups in total. The van der Waals surface area contributed by atoms with Crippen LogP contribution < -0.4 is 21.7 Å². The standard InChI is InChI=1S/C21H23N7O/c1-13(2)26-20-17(19(23)24-12-25-20)18(22)14-8-10-16(11-9-14)28-21(29)27-15-6-4-3-5-7-15/h3-13,22H,1-2H3,(H2,27,28,29)(H3,23,24,25,26). The maximum atomic E-state index is 12.1. The van der Waals surface area contributed by atoms with Gasteiger partial charge in [-0.3, -0.25) is 5.41 Å². The monoisotopic (exact) mass is 389 g/mol. The van der Waals surface area contributed by atoms with Crippen molar-refractivity contribution in [2.45, 2.75) is 19.9 Å². The number of carbonyl (C=O) groups is 1. The second-order valence-electron chi connectivity index (χ2n) is 6.68. The molecule has 8 nitrogen and oxygen atoms in total. The van der Waals surface area contributed by atoms with Gasteiger partial charge >= 0.3 is 6.03 Å². The van der Waals surface area contributed by atoms with Gasteiger partial charge in [0, 0.05) is 23.0 Å². The first-order valence-electron chi connectivity index (χ1n) is 9.13. The molecule has 29 heavy (non-hydrogen) atoms. The molecule has 8 heteroatoms. The van der Waals surface area contributed by atoms with Gasteiger partial charge in [0.1, 0.15) is 18.0 Å². The van der Waals surface area contributed by atoms with Gasteiger partial charge in [0.25, 0.3) is 0 Å². The van der Waals surface area contributed by atoms with Crippen molar-refractivity contribution in [3.8, 4) is 0 Å². The Bertz CT molecular complexity index is 1000. The van der Waals surface area contributed by atoms with Crippen LogP contribution in [0.3, 0.4) is 0 Å². The number of nitrogens with zero attached hydrogens (tertiary/aromatic N) is 2. The van der Waals surface area contributed by atoms with Crippen molar-refractivity contribution in [1.82, 2.24) is 9.97 Å². The number of urea groups is 1. The lowest BCUT2D eigenvalue weighted by Crippen LogP contribution is -2.19. The maximum Gasteiger partial charge on any atom is 0.323 e. The van der Waals surface area contributed by atoms with E-state index >= 15 is 0 Å². The van der Waals surface area contributed by atoms with Crippen LogP contribution in [0.2, 0.25) is 0 Å². The summed E-state index contributed by atoms with van der Waals surface area (Å²) in [4.78, 5) is 20.3. The summed E-state index contributed by atoms with van der Waals surface area (Å²) in [5, 5.41) is 17.3. The summed E-state index contributed by atoms with van der Waals surface area (Å²) in [6, 6.07) is 15.9. The average Bonchev–Trinajstić information content (AvgIpc) is 2.68. The van der Waals surface area contributed by atoms with Gasteiger partial charge in [-0.1, -0.05) is 30.3 Å². The van der Waals surface area contributed by atoms with Gasteiger partial charge in [0.05, 0.1) is 11.3 Å². The molecular formula is C21H23N7O. The van der Waals surface area contributed by atoms with E-state index in [1.165, 1.54) is 6.33 Å². The molecule has 0 spiro atoms. The molecule has 3 rings (SSSR count). The van der Waals surface area contributed by atoms with E-state index in [0.717, 1.165) is 0 Å². The number of amides is 2. The number of benzene rings is 2. The highest BCUT2D eigenvalue weighted by Gasteiger charge is 2.17. The lowest BCUT2D eigenvalue weighted by atomic mass is 10.0. The van der Waals surface area contributed by atoms with Crippen molar-refractivity contribution in [3.63, 3.8) is 0 Å². The summed E-state index contributed by atoms with van der Waals surface area (Å²) in [5.74, 6) is 0.750. The number of nitrogen functional groups attached to an aromatic ring is 1. The van der Waals surface area contributed by atoms with Crippen LogP contribution in [0.15, 0.2) is 60.9 Å². The summed E-state index contributed by atoms with van der Waals surface area (Å²) in [6.45, 7) is 3.96. The molecule has 0 atom stereocenters. The third kappa shape index (κ3) is 5.07. The molecule has 0 saturated heterocycles. The molecular weight excluding hydrogens is 366 g/mol. The minimum Gasteiger partial charge on any atom is -0.383 e. The van der Waals surface area contributed by atoms with Crippen LogP contribution in [0.4, 0.5) is 27.8 Å². The first-order valence-corrected chi connectivity index (χ1v) is 9.13. The number of nitrogens with one attached hydrogen (secondary N) is 4. The minimum absolute atomic E-state index is 0.130. The van der Waals surface area contributed by atoms with E-state index in [0.29, 0.717) is 28.3 Å². The van der Waals surface area contributed by atoms with E-state index in [1.807, 2.05) is 32.0 Å². The zero-order valence-electron chi connectivity index (χ0n) is 16.2. The number of hydrogen-bond donors (Lipinski definition) is 5. The summed E-state index contributed by atoms with van der Waals surface area (Å²) in [5.41, 5.74) is 8.59. The average molecular weight is 389 g/mol. The quantitative estimate of drug-likeness (QED) is 0.408. The Hall–Kier alpha value is -3.94. The molecule has 0 bridgehead atoms. The zero-order valence-corrected chi connectivity index (χ0v) is 16.2. The van der Waals surface area contributed by atoms with E-state index in [4.69, 9.17) is 11.1 Å². The van der Waals surface area contributed by atoms with E-state index < -0.39 is 0 Å². The van der Waals surface area contributed by atoms with Crippen molar-refractivity contribution in [1.29, 1.82) is 5.41 Å². The third-order valence-electron chi connectivity index (χ3n) is 4.02. The van der Waals surface area contributed by atoms with Crippen LogP contribution in [-0.4, -0.2) is 27.8 Å². The maximum absolute atomic E-state index is 12.1. The molecule has 148 valence electrons. The lowest BCUT2D eigenvalue weighted by Gasteiger charge is -2.15. The highest BCUT2D eigenvalue weighted by molar-refractivity contribution is 6.16. The number of para-hydroxylation sites is 1. The molecule has 0 aliphatic heterocycles. The number of anilines is 4. The van der Waals surface area contributed by atoms with Crippen molar-refractivity contribution in [2.75, 3.05) is 21.7 Å². The molecule has 3 aromatic rings. The van der Waals surface area contributed by atoms with Crippen LogP contribution in [0, 0.1) is 5.41 Å². The second-order valence-corrected chi connectivity index (χ2v) is 6.68. The van der Waals surface area contributed by atoms with Crippen molar-refractivity contribution in [2.24, 2.45) is 0 Å². The summed E-state index contributed by atoms with van der Waals surface area (Å²) < 4.78 is 0. The molecule has 0 aliphatic carbocycles. The Morgan fingerprint density at radius 1 is 0.966 bits per heavy atom. The molecule has 2 amide bonds. The van der Waals surface area contributed by atoms with E-state index in [9.17, 15) is 4.79 Å². The van der Waals surface area contributed by atoms with Crippen LogP contribution in [0.1, 0.15) is 25.0 Å². The number of aromatic nitrogens is 2. The predicted octanol–water partition coefficient (Wildman–Crippen LogP) is 3.94. The van der Waals surface area contributed by atoms with E-state index in [2.05, 4.69) is 25.9 Å². The fourth-order valence-corrected chi connectivity index (χ4v) is 2.71. The van der Waals surface area contributed by atoms with Gasteiger partial charge in [-0.2, -0.15) is 0 Å². The van der Waals surface area contributed by atoms with Crippen LogP contribution in [0.25, 0.3) is 0 Å². The molecule has 1 heterocycles. The minimum atomic E-state index is -0.344. The van der Waals surface area contributed by atoms with Crippen LogP contribution >= 0.6 is 0 Å². The Kier molecular flexibility index (Phi) is 6.03. The molecule has 2 aromatic carbocycles. The summed E-state index contributed by atoms with van der Waals surface area (Å²) >= 11 is 0. The highest BCUT2D eigenvalue weighted by Crippen LogP contribution is 2.23. The van der Waals surface area contributed by atoms with E-state index in [1.54, 1.807) is 36.4 Å². The van der Waals surface area contributed by atoms with Crippen LogP contribution in [0.5, 0.6) is 0 Å². The van der Waals surface area contributed by atoms with Gasteiger partial charge in [-0.05, 0) is 38.1 Å². The summed E-state index contributed by atoms with van der Waals surface area (Å²) in [6.07, 6.45) is 1.37. The van der Waals surface area contributed by atoms with E-state index in [-0.39, 0.29) is 23.6 Å². The van der Waals surface area contributed by atoms with Crippen molar-refractivity contribution in [3.05, 3.63) is 72.1 Å². The first kappa shape index (κ1) is 19.8. The summed E-state index contributed by atoms with van der Waals surface area (Å²) in [7, 11) is 0. The molecule has 1 aromatic heterocycles. The lowest BCUT2D eigenvalue weighted by molar-refractivity contribution is 0.262. The second kappa shape index (κ2) is 8.83. The molecule has 0 unspecified atom stereocenters. The SMILES string of the molecule is CC(C)Nc1ncnc(N)c1C(=N)c1ccc(NC(=O)Nc2ccccc2)cc1. The first-order chi connectivity index (χ1) is 13.9. The topological polar surface area (TPSA) is 129 Å². The molecule has 0 radical (unpaired) electrons. The smallest absolute Gasteiger partial charge is 0.323 e. The highest BCUT2D eigenvalue weighted by atomic mass is 16.2. The predicted molar refractivity (Wildman–Crippen MR) is 117 cm³/mol. The fourth-order valence-electron chi connectivity index (χ4n) is 2.71. The Balaban J connectivity index is 1.73. The van der Waals surface area contributed by atoms with Crippen molar-refractivity contribution >= 4 is 34.8 Å². The van der Waals surface area contributed by atoms with Crippen LogP contribution in [-0.2, 0) is 0 Å². The molecule has 0 saturated carbocycles. The number of hydrogen-bond acceptors (Lipinski definition) is 6. The van der Waals surface area contributed by atoms with Gasteiger partial charge in [0.15, 0.2) is 0 Å². The number of nitrogens with two attached hydrogens (primary N) is 1. The Morgan fingerprint density at radius 3 is 2.21 bits per heavy atom. The van der Waals surface area contributed by atoms with Gasteiger partial charge < -0.3 is 21.7 Å². The van der Waals surface area contributed by atoms with Gasteiger partial charge in [0.2, 0.25) is 0 Å². The Labute approximate surface area is 169 Å². The fraction of sp³-hybridized carbons (Fsp3) is 0.143. The number of rotatable bonds is 6. The largest absolute Gasteiger partial charge is 0.383 e. The zero-order chi connectivity index (χ0) is 20.8. The molecule has 0 aliphatic rings. The molecule has 0 fully saturated rings. The number of carbonyl (C=O) groups excluding carboxylic acids is 1. The third-order valence-corrected chi connectivity index (χ3v) is 4.02. The normalized spacial score (nSPS) is 10.4. The van der Waals surface area contributed by atoms with Gasteiger partial charge in [-0.15, -0.1) is 0 Å². The van der Waals surface area contributed by atoms with Gasteiger partial charge in [-0.25, -0.2) is 14.8 Å². The Morgan fingerprint density at radius 2 is 1.59 bits per heavy atom. The van der Waals surface area contributed by atoms with Crippen molar-refractivity contribution < 1.29 is 4.79 Å².